The molecule has 1 N–H and O–H groups in total. The number of carbonyl (C=O) groups excluding carboxylic acids is 2. The average molecular weight is 425 g/mol. The molecule has 2 aromatic rings. The summed E-state index contributed by atoms with van der Waals surface area (Å²) in [5.41, 5.74) is 1.23. The predicted octanol–water partition coefficient (Wildman–Crippen LogP) is 4.62. The van der Waals surface area contributed by atoms with Gasteiger partial charge in [-0.3, -0.25) is 9.59 Å². The monoisotopic (exact) mass is 424 g/mol. The molecule has 4 nitrogen and oxygen atoms in total. The van der Waals surface area contributed by atoms with E-state index in [1.165, 1.54) is 17.0 Å². The molecule has 150 valence electrons. The number of nitrogens with zero attached hydrogens (tertiary/aromatic N) is 1. The Morgan fingerprint density at radius 2 is 1.71 bits per heavy atom. The minimum Gasteiger partial charge on any atom is -0.354 e. The van der Waals surface area contributed by atoms with E-state index < -0.39 is 6.04 Å². The van der Waals surface area contributed by atoms with Crippen molar-refractivity contribution in [3.63, 3.8) is 0 Å². The highest BCUT2D eigenvalue weighted by Gasteiger charge is 2.27. The zero-order valence-corrected chi connectivity index (χ0v) is 17.4. The molecule has 0 aliphatic heterocycles. The summed E-state index contributed by atoms with van der Waals surface area (Å²) in [6.07, 6.45) is 0.825. The fraction of sp³-hybridized carbons (Fsp3) is 0.333. The Balaban J connectivity index is 2.27. The van der Waals surface area contributed by atoms with Gasteiger partial charge in [-0.2, -0.15) is 0 Å². The van der Waals surface area contributed by atoms with Crippen molar-refractivity contribution in [2.75, 3.05) is 6.54 Å². The third kappa shape index (κ3) is 5.94. The molecule has 0 saturated heterocycles. The number of hydrogen-bond acceptors (Lipinski definition) is 2. The van der Waals surface area contributed by atoms with Crippen molar-refractivity contribution in [3.05, 3.63) is 69.5 Å². The number of nitrogens with one attached hydrogen (secondary N) is 1. The third-order valence-electron chi connectivity index (χ3n) is 4.38. The SMILES string of the molecule is CCCNC(=O)[C@H](C)N(Cc1c(Cl)cccc1Cl)C(=O)Cc1ccc(F)cc1. The number of rotatable bonds is 8. The molecule has 28 heavy (non-hydrogen) atoms. The summed E-state index contributed by atoms with van der Waals surface area (Å²) in [4.78, 5) is 26.9. The molecule has 0 aliphatic rings. The molecule has 2 rings (SSSR count). The summed E-state index contributed by atoms with van der Waals surface area (Å²) >= 11 is 12.5. The molecule has 1 atom stereocenters. The lowest BCUT2D eigenvalue weighted by atomic mass is 10.1. The molecular weight excluding hydrogens is 402 g/mol. The molecule has 0 saturated carbocycles. The Morgan fingerprint density at radius 3 is 2.29 bits per heavy atom. The molecule has 0 aromatic heterocycles. The molecule has 0 heterocycles. The van der Waals surface area contributed by atoms with E-state index in [1.807, 2.05) is 6.92 Å². The van der Waals surface area contributed by atoms with Crippen molar-refractivity contribution in [2.24, 2.45) is 0 Å². The highest BCUT2D eigenvalue weighted by atomic mass is 35.5. The van der Waals surface area contributed by atoms with Crippen molar-refractivity contribution >= 4 is 35.0 Å². The van der Waals surface area contributed by atoms with Crippen molar-refractivity contribution in [3.8, 4) is 0 Å². The highest BCUT2D eigenvalue weighted by Crippen LogP contribution is 2.26. The maximum absolute atomic E-state index is 13.1. The number of carbonyl (C=O) groups is 2. The zero-order valence-electron chi connectivity index (χ0n) is 15.8. The first kappa shape index (κ1) is 22.2. The van der Waals surface area contributed by atoms with Gasteiger partial charge in [0.2, 0.25) is 11.8 Å². The lowest BCUT2D eigenvalue weighted by Crippen LogP contribution is -2.48. The maximum atomic E-state index is 13.1. The van der Waals surface area contributed by atoms with Crippen LogP contribution in [-0.2, 0) is 22.6 Å². The Labute approximate surface area is 174 Å². The highest BCUT2D eigenvalue weighted by molar-refractivity contribution is 6.36. The van der Waals surface area contributed by atoms with E-state index >= 15 is 0 Å². The van der Waals surface area contributed by atoms with Gasteiger partial charge in [-0.15, -0.1) is 0 Å². The van der Waals surface area contributed by atoms with Crippen LogP contribution in [0.1, 0.15) is 31.4 Å². The summed E-state index contributed by atoms with van der Waals surface area (Å²) in [5, 5.41) is 3.65. The predicted molar refractivity (Wildman–Crippen MR) is 110 cm³/mol. The molecule has 0 fully saturated rings. The van der Waals surface area contributed by atoms with Gasteiger partial charge in [-0.25, -0.2) is 4.39 Å². The van der Waals surface area contributed by atoms with Gasteiger partial charge < -0.3 is 10.2 Å². The average Bonchev–Trinajstić information content (AvgIpc) is 2.67. The lowest BCUT2D eigenvalue weighted by Gasteiger charge is -2.29. The van der Waals surface area contributed by atoms with Crippen molar-refractivity contribution in [1.82, 2.24) is 10.2 Å². The van der Waals surface area contributed by atoms with Crippen LogP contribution in [0.3, 0.4) is 0 Å². The largest absolute Gasteiger partial charge is 0.354 e. The van der Waals surface area contributed by atoms with E-state index in [4.69, 9.17) is 23.2 Å². The number of hydrogen-bond donors (Lipinski definition) is 1. The smallest absolute Gasteiger partial charge is 0.242 e. The van der Waals surface area contributed by atoms with Gasteiger partial charge in [0.1, 0.15) is 11.9 Å². The third-order valence-corrected chi connectivity index (χ3v) is 5.08. The zero-order chi connectivity index (χ0) is 20.7. The lowest BCUT2D eigenvalue weighted by molar-refractivity contribution is -0.140. The number of halogens is 3. The Bertz CT molecular complexity index is 807. The molecule has 0 bridgehead atoms. The summed E-state index contributed by atoms with van der Waals surface area (Å²) < 4.78 is 13.1. The van der Waals surface area contributed by atoms with E-state index in [0.29, 0.717) is 27.7 Å². The van der Waals surface area contributed by atoms with E-state index in [2.05, 4.69) is 5.32 Å². The first-order valence-corrected chi connectivity index (χ1v) is 9.83. The van der Waals surface area contributed by atoms with Gasteiger partial charge in [0, 0.05) is 28.7 Å². The van der Waals surface area contributed by atoms with Gasteiger partial charge in [0.15, 0.2) is 0 Å². The molecule has 2 amide bonds. The summed E-state index contributed by atoms with van der Waals surface area (Å²) in [6, 6.07) is 10.1. The van der Waals surface area contributed by atoms with Crippen LogP contribution in [0.25, 0.3) is 0 Å². The van der Waals surface area contributed by atoms with Crippen LogP contribution in [0.15, 0.2) is 42.5 Å². The molecule has 0 unspecified atom stereocenters. The van der Waals surface area contributed by atoms with Crippen molar-refractivity contribution in [2.45, 2.75) is 39.3 Å². The van der Waals surface area contributed by atoms with Gasteiger partial charge >= 0.3 is 0 Å². The van der Waals surface area contributed by atoms with Crippen LogP contribution in [-0.4, -0.2) is 29.3 Å². The fourth-order valence-electron chi connectivity index (χ4n) is 2.71. The van der Waals surface area contributed by atoms with Gasteiger partial charge in [-0.05, 0) is 43.2 Å². The van der Waals surface area contributed by atoms with Crippen molar-refractivity contribution < 1.29 is 14.0 Å². The number of amides is 2. The minimum absolute atomic E-state index is 0.0355. The van der Waals surface area contributed by atoms with Gasteiger partial charge in [0.25, 0.3) is 0 Å². The van der Waals surface area contributed by atoms with E-state index in [9.17, 15) is 14.0 Å². The minimum atomic E-state index is -0.716. The molecule has 0 aliphatic carbocycles. The number of benzene rings is 2. The Kier molecular flexibility index (Phi) is 8.27. The quantitative estimate of drug-likeness (QED) is 0.671. The first-order valence-electron chi connectivity index (χ1n) is 9.08. The second-order valence-corrected chi connectivity index (χ2v) is 7.31. The molecule has 7 heteroatoms. The second-order valence-electron chi connectivity index (χ2n) is 6.49. The van der Waals surface area contributed by atoms with Gasteiger partial charge in [0.05, 0.1) is 6.42 Å². The molecule has 2 aromatic carbocycles. The molecule has 0 spiro atoms. The van der Waals surface area contributed by atoms with Crippen LogP contribution < -0.4 is 5.32 Å². The van der Waals surface area contributed by atoms with Crippen LogP contribution in [0.4, 0.5) is 4.39 Å². The molecule has 0 radical (unpaired) electrons. The molecular formula is C21H23Cl2FN2O2. The summed E-state index contributed by atoms with van der Waals surface area (Å²) in [5.74, 6) is -0.901. The topological polar surface area (TPSA) is 49.4 Å². The van der Waals surface area contributed by atoms with E-state index in [-0.39, 0.29) is 30.6 Å². The van der Waals surface area contributed by atoms with Crippen LogP contribution in [0.2, 0.25) is 10.0 Å². The normalized spacial score (nSPS) is 11.8. The van der Waals surface area contributed by atoms with Gasteiger partial charge in [-0.1, -0.05) is 48.3 Å². The Hall–Kier alpha value is -2.11. The van der Waals surface area contributed by atoms with Crippen molar-refractivity contribution in [1.29, 1.82) is 0 Å². The summed E-state index contributed by atoms with van der Waals surface area (Å²) in [7, 11) is 0. The van der Waals surface area contributed by atoms with Crippen LogP contribution >= 0.6 is 23.2 Å². The first-order chi connectivity index (χ1) is 13.3. The maximum Gasteiger partial charge on any atom is 0.242 e. The standard InChI is InChI=1S/C21H23Cl2FN2O2/c1-3-11-25-21(28)14(2)26(13-17-18(22)5-4-6-19(17)23)20(27)12-15-7-9-16(24)10-8-15/h4-10,14H,3,11-13H2,1-2H3,(H,25,28)/t14-/m0/s1. The van der Waals surface area contributed by atoms with Crippen LogP contribution in [0, 0.1) is 5.82 Å². The van der Waals surface area contributed by atoms with E-state index in [0.717, 1.165) is 6.42 Å². The Morgan fingerprint density at radius 1 is 1.11 bits per heavy atom. The van der Waals surface area contributed by atoms with Crippen LogP contribution in [0.5, 0.6) is 0 Å². The second kappa shape index (κ2) is 10.4. The fourth-order valence-corrected chi connectivity index (χ4v) is 3.23. The summed E-state index contributed by atoms with van der Waals surface area (Å²) in [6.45, 7) is 4.24. The van der Waals surface area contributed by atoms with E-state index in [1.54, 1.807) is 37.3 Å².